The Balaban J connectivity index is 2.70. The summed E-state index contributed by atoms with van der Waals surface area (Å²) < 4.78 is 16.0. The van der Waals surface area contributed by atoms with Crippen molar-refractivity contribution in [1.82, 2.24) is 14.1 Å². The lowest BCUT2D eigenvalue weighted by Gasteiger charge is -2.16. The molecule has 0 aliphatic heterocycles. The Morgan fingerprint density at radius 2 is 2.00 bits per heavy atom. The second-order valence-corrected chi connectivity index (χ2v) is 6.02. The maximum Gasteiger partial charge on any atom is 0.332 e. The van der Waals surface area contributed by atoms with Crippen molar-refractivity contribution in [3.05, 3.63) is 61.1 Å². The van der Waals surface area contributed by atoms with E-state index in [0.717, 1.165) is 21.3 Å². The van der Waals surface area contributed by atoms with Crippen LogP contribution < -0.4 is 17.0 Å². The third-order valence-corrected chi connectivity index (χ3v) is 4.53. The molecule has 2 aromatic heterocycles. The van der Waals surface area contributed by atoms with Crippen molar-refractivity contribution >= 4 is 22.6 Å². The molecule has 26 heavy (non-hydrogen) atoms. The van der Waals surface area contributed by atoms with Crippen molar-refractivity contribution < 1.29 is 4.39 Å². The molecule has 0 aliphatic rings. The summed E-state index contributed by atoms with van der Waals surface area (Å²) in [5.41, 5.74) is 5.39. The van der Waals surface area contributed by atoms with Gasteiger partial charge in [0, 0.05) is 37.3 Å². The molecule has 0 bridgehead atoms. The third kappa shape index (κ3) is 2.49. The molecular weight excluding hydrogens is 361 g/mol. The average Bonchev–Trinajstić information content (AvgIpc) is 2.63. The lowest BCUT2D eigenvalue weighted by Crippen LogP contribution is -2.37. The van der Waals surface area contributed by atoms with E-state index < -0.39 is 17.1 Å². The van der Waals surface area contributed by atoms with E-state index >= 15 is 0 Å². The number of hydrogen-bond acceptors (Lipinski definition) is 5. The molecule has 132 valence electrons. The minimum absolute atomic E-state index is 0.0218. The topological polar surface area (TPSA) is 107 Å². The van der Waals surface area contributed by atoms with Crippen LogP contribution in [0.5, 0.6) is 0 Å². The second kappa shape index (κ2) is 6.37. The zero-order chi connectivity index (χ0) is 19.2. The molecule has 3 aromatic rings. The molecule has 0 radical (unpaired) electrons. The van der Waals surface area contributed by atoms with Gasteiger partial charge in [-0.05, 0) is 18.2 Å². The molecule has 0 atom stereocenters. The zero-order valence-corrected chi connectivity index (χ0v) is 14.6. The number of aromatic nitrogens is 3. The number of halogens is 2. The standard InChI is InChI=1S/C17H13ClFN5O2/c1-23-15-13(16(25)24(2)17(23)26)12(11(7-21)14(18)22-15)10-5-9(19)4-3-8(10)6-20/h3-5H,7,21H2,1-2H3. The molecule has 0 spiro atoms. The van der Waals surface area contributed by atoms with E-state index in [1.165, 1.54) is 20.2 Å². The summed E-state index contributed by atoms with van der Waals surface area (Å²) in [5.74, 6) is -0.593. The Bertz CT molecular complexity index is 1220. The van der Waals surface area contributed by atoms with Gasteiger partial charge < -0.3 is 5.73 Å². The van der Waals surface area contributed by atoms with Gasteiger partial charge in [0.25, 0.3) is 5.56 Å². The van der Waals surface area contributed by atoms with E-state index in [1.807, 2.05) is 6.07 Å². The van der Waals surface area contributed by atoms with E-state index in [1.54, 1.807) is 0 Å². The monoisotopic (exact) mass is 373 g/mol. The number of hydrogen-bond donors (Lipinski definition) is 1. The van der Waals surface area contributed by atoms with E-state index in [4.69, 9.17) is 17.3 Å². The van der Waals surface area contributed by atoms with Crippen LogP contribution in [0.15, 0.2) is 27.8 Å². The van der Waals surface area contributed by atoms with Gasteiger partial charge in [0.2, 0.25) is 0 Å². The summed E-state index contributed by atoms with van der Waals surface area (Å²) in [6, 6.07) is 5.55. The predicted octanol–water partition coefficient (Wildman–Crippen LogP) is 1.42. The zero-order valence-electron chi connectivity index (χ0n) is 13.9. The van der Waals surface area contributed by atoms with Crippen LogP contribution in [-0.4, -0.2) is 14.1 Å². The van der Waals surface area contributed by atoms with Crippen LogP contribution in [0.25, 0.3) is 22.2 Å². The minimum atomic E-state index is -0.634. The molecule has 7 nitrogen and oxygen atoms in total. The van der Waals surface area contributed by atoms with Gasteiger partial charge in [-0.15, -0.1) is 0 Å². The molecule has 0 aliphatic carbocycles. The quantitative estimate of drug-likeness (QED) is 0.684. The highest BCUT2D eigenvalue weighted by molar-refractivity contribution is 6.31. The van der Waals surface area contributed by atoms with Crippen molar-refractivity contribution in [2.75, 3.05) is 0 Å². The number of rotatable bonds is 2. The highest BCUT2D eigenvalue weighted by Crippen LogP contribution is 2.35. The first-order valence-corrected chi connectivity index (χ1v) is 7.87. The van der Waals surface area contributed by atoms with Crippen LogP contribution in [0, 0.1) is 17.1 Å². The first kappa shape index (κ1) is 17.8. The Labute approximate surface area is 151 Å². The molecule has 0 saturated heterocycles. The van der Waals surface area contributed by atoms with Crippen molar-refractivity contribution in [3.63, 3.8) is 0 Å². The maximum absolute atomic E-state index is 13.9. The summed E-state index contributed by atoms with van der Waals surface area (Å²) >= 11 is 6.22. The second-order valence-electron chi connectivity index (χ2n) is 5.67. The summed E-state index contributed by atoms with van der Waals surface area (Å²) in [5, 5.41) is 9.43. The number of nitrogens with zero attached hydrogens (tertiary/aromatic N) is 4. The molecule has 0 amide bonds. The largest absolute Gasteiger partial charge is 0.332 e. The molecule has 2 heterocycles. The van der Waals surface area contributed by atoms with E-state index in [-0.39, 0.29) is 45.0 Å². The van der Waals surface area contributed by atoms with Gasteiger partial charge in [-0.25, -0.2) is 14.2 Å². The Hall–Kier alpha value is -3.02. The van der Waals surface area contributed by atoms with Crippen LogP contribution in [-0.2, 0) is 20.6 Å². The number of nitriles is 1. The number of pyridine rings is 1. The normalized spacial score (nSPS) is 10.9. The molecule has 0 fully saturated rings. The highest BCUT2D eigenvalue weighted by Gasteiger charge is 2.23. The van der Waals surface area contributed by atoms with Crippen molar-refractivity contribution in [1.29, 1.82) is 5.26 Å². The SMILES string of the molecule is Cn1c(=O)c2c(-c3cc(F)ccc3C#N)c(CN)c(Cl)nc2n(C)c1=O. The van der Waals surface area contributed by atoms with Gasteiger partial charge in [-0.3, -0.25) is 13.9 Å². The van der Waals surface area contributed by atoms with Crippen LogP contribution in [0.1, 0.15) is 11.1 Å². The molecule has 9 heteroatoms. The van der Waals surface area contributed by atoms with Crippen LogP contribution in [0.3, 0.4) is 0 Å². The number of nitrogens with two attached hydrogens (primary N) is 1. The van der Waals surface area contributed by atoms with Gasteiger partial charge in [0.1, 0.15) is 11.0 Å². The fourth-order valence-electron chi connectivity index (χ4n) is 2.90. The first-order valence-electron chi connectivity index (χ1n) is 7.50. The molecule has 2 N–H and O–H groups in total. The summed E-state index contributed by atoms with van der Waals surface area (Å²) in [7, 11) is 2.76. The average molecular weight is 374 g/mol. The van der Waals surface area contributed by atoms with E-state index in [2.05, 4.69) is 4.98 Å². The smallest absolute Gasteiger partial charge is 0.326 e. The van der Waals surface area contributed by atoms with Crippen LogP contribution in [0.4, 0.5) is 4.39 Å². The minimum Gasteiger partial charge on any atom is -0.326 e. The molecule has 1 aromatic carbocycles. The number of aryl methyl sites for hydroxylation is 1. The van der Waals surface area contributed by atoms with E-state index in [9.17, 15) is 19.2 Å². The van der Waals surface area contributed by atoms with Crippen molar-refractivity contribution in [3.8, 4) is 17.2 Å². The first-order chi connectivity index (χ1) is 12.3. The van der Waals surface area contributed by atoms with Gasteiger partial charge in [0.15, 0.2) is 5.65 Å². The Morgan fingerprint density at radius 1 is 1.31 bits per heavy atom. The summed E-state index contributed by atoms with van der Waals surface area (Å²) in [6.07, 6.45) is 0. The van der Waals surface area contributed by atoms with Crippen LogP contribution in [0.2, 0.25) is 5.15 Å². The fraction of sp³-hybridized carbons (Fsp3) is 0.176. The lowest BCUT2D eigenvalue weighted by atomic mass is 9.94. The van der Waals surface area contributed by atoms with Crippen LogP contribution >= 0.6 is 11.6 Å². The van der Waals surface area contributed by atoms with Gasteiger partial charge >= 0.3 is 5.69 Å². The maximum atomic E-state index is 13.9. The number of benzene rings is 1. The van der Waals surface area contributed by atoms with E-state index in [0.29, 0.717) is 0 Å². The third-order valence-electron chi connectivity index (χ3n) is 4.21. The predicted molar refractivity (Wildman–Crippen MR) is 95.2 cm³/mol. The fourth-order valence-corrected chi connectivity index (χ4v) is 3.15. The Kier molecular flexibility index (Phi) is 4.36. The van der Waals surface area contributed by atoms with Crippen molar-refractivity contribution in [2.24, 2.45) is 19.8 Å². The summed E-state index contributed by atoms with van der Waals surface area (Å²) in [6.45, 7) is -0.0928. The van der Waals surface area contributed by atoms with Gasteiger partial charge in [0.05, 0.1) is 17.0 Å². The molecule has 0 saturated carbocycles. The molecule has 0 unspecified atom stereocenters. The van der Waals surface area contributed by atoms with Gasteiger partial charge in [-0.2, -0.15) is 5.26 Å². The Morgan fingerprint density at radius 3 is 2.62 bits per heavy atom. The van der Waals surface area contributed by atoms with Crippen molar-refractivity contribution in [2.45, 2.75) is 6.54 Å². The summed E-state index contributed by atoms with van der Waals surface area (Å²) in [4.78, 5) is 29.1. The molecular formula is C17H13ClFN5O2. The highest BCUT2D eigenvalue weighted by atomic mass is 35.5. The molecule has 3 rings (SSSR count). The number of fused-ring (bicyclic) bond motifs is 1. The van der Waals surface area contributed by atoms with Gasteiger partial charge in [-0.1, -0.05) is 11.6 Å². The lowest BCUT2D eigenvalue weighted by molar-refractivity contribution is 0.628.